The fraction of sp³-hybridized carbons (Fsp3) is 0.308. The fourth-order valence-corrected chi connectivity index (χ4v) is 4.75. The van der Waals surface area contributed by atoms with Gasteiger partial charge in [-0.2, -0.15) is 0 Å². The van der Waals surface area contributed by atoms with E-state index >= 15 is 0 Å². The van der Waals surface area contributed by atoms with E-state index in [1.165, 1.54) is 5.56 Å². The van der Waals surface area contributed by atoms with Crippen molar-refractivity contribution < 1.29 is 14.4 Å². The molecule has 0 aliphatic carbocycles. The van der Waals surface area contributed by atoms with E-state index in [4.69, 9.17) is 0 Å². The summed E-state index contributed by atoms with van der Waals surface area (Å²) >= 11 is 0. The smallest absolute Gasteiger partial charge is 0.255 e. The van der Waals surface area contributed by atoms with Gasteiger partial charge in [0.2, 0.25) is 11.8 Å². The molecule has 3 heterocycles. The summed E-state index contributed by atoms with van der Waals surface area (Å²) in [6.07, 6.45) is 2.41. The van der Waals surface area contributed by atoms with E-state index in [2.05, 4.69) is 48.4 Å². The molecule has 1 saturated heterocycles. The molecule has 7 heteroatoms. The molecule has 2 aliphatic rings. The Kier molecular flexibility index (Phi) is 5.12. The molecule has 5 rings (SSSR count). The molecule has 1 fully saturated rings. The molecule has 168 valence electrons. The van der Waals surface area contributed by atoms with Gasteiger partial charge >= 0.3 is 0 Å². The standard InChI is InChI=1S/C26H26N4O3/c1-15(2)16-5-4-6-18(11-16)24-23(27-14-29(24)3)17-7-8-20-19(12-17)13-30(26(20)33)21-9-10-22(31)28-25(21)32/h4-8,11-12,14-15,21H,9-10,13H2,1-3H3,(H,28,31,32). The largest absolute Gasteiger partial charge is 0.333 e. The van der Waals surface area contributed by atoms with Crippen LogP contribution in [0.4, 0.5) is 0 Å². The van der Waals surface area contributed by atoms with Gasteiger partial charge < -0.3 is 9.47 Å². The molecule has 0 radical (unpaired) electrons. The van der Waals surface area contributed by atoms with Crippen LogP contribution in [0.15, 0.2) is 48.8 Å². The predicted molar refractivity (Wildman–Crippen MR) is 124 cm³/mol. The van der Waals surface area contributed by atoms with E-state index in [-0.39, 0.29) is 18.2 Å². The zero-order valence-electron chi connectivity index (χ0n) is 19.0. The number of hydrogen-bond donors (Lipinski definition) is 1. The summed E-state index contributed by atoms with van der Waals surface area (Å²) in [7, 11) is 1.98. The Morgan fingerprint density at radius 1 is 1.06 bits per heavy atom. The van der Waals surface area contributed by atoms with Crippen LogP contribution in [-0.2, 0) is 23.2 Å². The van der Waals surface area contributed by atoms with Crippen LogP contribution in [0.3, 0.4) is 0 Å². The molecule has 3 amide bonds. The van der Waals surface area contributed by atoms with Crippen molar-refractivity contribution in [3.8, 4) is 22.5 Å². The molecule has 3 aromatic rings. The van der Waals surface area contributed by atoms with E-state index in [0.29, 0.717) is 24.4 Å². The Morgan fingerprint density at radius 3 is 2.64 bits per heavy atom. The second kappa shape index (κ2) is 7.99. The molecule has 0 spiro atoms. The lowest BCUT2D eigenvalue weighted by Crippen LogP contribution is -2.52. The number of carbonyl (C=O) groups is 3. The molecular formula is C26H26N4O3. The summed E-state index contributed by atoms with van der Waals surface area (Å²) in [4.78, 5) is 43.1. The van der Waals surface area contributed by atoms with E-state index in [0.717, 1.165) is 28.1 Å². The number of nitrogens with one attached hydrogen (secondary N) is 1. The number of carbonyl (C=O) groups excluding carboxylic acids is 3. The van der Waals surface area contributed by atoms with Crippen LogP contribution >= 0.6 is 0 Å². The second-order valence-electron chi connectivity index (χ2n) is 9.10. The lowest BCUT2D eigenvalue weighted by Gasteiger charge is -2.29. The topological polar surface area (TPSA) is 84.3 Å². The molecule has 0 bridgehead atoms. The van der Waals surface area contributed by atoms with Crippen LogP contribution in [0.2, 0.25) is 0 Å². The molecule has 1 aromatic heterocycles. The number of imidazole rings is 1. The summed E-state index contributed by atoms with van der Waals surface area (Å²) in [5.74, 6) is -0.431. The molecule has 33 heavy (non-hydrogen) atoms. The summed E-state index contributed by atoms with van der Waals surface area (Å²) in [6, 6.07) is 13.6. The van der Waals surface area contributed by atoms with Gasteiger partial charge in [0.25, 0.3) is 5.91 Å². The number of benzene rings is 2. The molecule has 0 saturated carbocycles. The number of hydrogen-bond acceptors (Lipinski definition) is 4. The Bertz CT molecular complexity index is 1290. The Labute approximate surface area is 192 Å². The lowest BCUT2D eigenvalue weighted by molar-refractivity contribution is -0.136. The van der Waals surface area contributed by atoms with Gasteiger partial charge in [0, 0.05) is 36.7 Å². The zero-order valence-corrected chi connectivity index (χ0v) is 19.0. The third-order valence-corrected chi connectivity index (χ3v) is 6.56. The normalized spacial score (nSPS) is 18.1. The van der Waals surface area contributed by atoms with E-state index in [1.54, 1.807) is 11.2 Å². The molecular weight excluding hydrogens is 416 g/mol. The van der Waals surface area contributed by atoms with Crippen molar-refractivity contribution in [2.45, 2.75) is 45.2 Å². The van der Waals surface area contributed by atoms with Crippen molar-refractivity contribution in [3.63, 3.8) is 0 Å². The second-order valence-corrected chi connectivity index (χ2v) is 9.10. The predicted octanol–water partition coefficient (Wildman–Crippen LogP) is 3.64. The van der Waals surface area contributed by atoms with Gasteiger partial charge in [0.05, 0.1) is 17.7 Å². The van der Waals surface area contributed by atoms with Gasteiger partial charge in [-0.15, -0.1) is 0 Å². The summed E-state index contributed by atoms with van der Waals surface area (Å²) in [5, 5.41) is 2.35. The van der Waals surface area contributed by atoms with E-state index < -0.39 is 11.9 Å². The monoisotopic (exact) mass is 442 g/mol. The number of piperidine rings is 1. The molecule has 1 N–H and O–H groups in total. The molecule has 2 aliphatic heterocycles. The maximum absolute atomic E-state index is 13.0. The Hall–Kier alpha value is -3.74. The summed E-state index contributed by atoms with van der Waals surface area (Å²) in [6.45, 7) is 4.70. The minimum absolute atomic E-state index is 0.170. The number of fused-ring (bicyclic) bond motifs is 1. The van der Waals surface area contributed by atoms with Gasteiger partial charge in [-0.05, 0) is 41.7 Å². The van der Waals surface area contributed by atoms with Crippen molar-refractivity contribution in [3.05, 3.63) is 65.5 Å². The van der Waals surface area contributed by atoms with Crippen LogP contribution in [0.1, 0.15) is 54.1 Å². The highest BCUT2D eigenvalue weighted by molar-refractivity contribution is 6.05. The number of aromatic nitrogens is 2. The first-order chi connectivity index (χ1) is 15.8. The Balaban J connectivity index is 1.49. The minimum Gasteiger partial charge on any atom is -0.333 e. The molecule has 7 nitrogen and oxygen atoms in total. The molecule has 2 aromatic carbocycles. The highest BCUT2D eigenvalue weighted by Gasteiger charge is 2.39. The van der Waals surface area contributed by atoms with Crippen LogP contribution in [0, 0.1) is 0 Å². The van der Waals surface area contributed by atoms with Crippen molar-refractivity contribution in [2.75, 3.05) is 0 Å². The maximum atomic E-state index is 13.0. The van der Waals surface area contributed by atoms with Gasteiger partial charge in [-0.1, -0.05) is 38.1 Å². The number of imide groups is 1. The van der Waals surface area contributed by atoms with Crippen molar-refractivity contribution in [1.82, 2.24) is 19.8 Å². The zero-order chi connectivity index (χ0) is 23.3. The van der Waals surface area contributed by atoms with Gasteiger partial charge in [0.15, 0.2) is 0 Å². The van der Waals surface area contributed by atoms with Crippen molar-refractivity contribution >= 4 is 17.7 Å². The minimum atomic E-state index is -0.616. The van der Waals surface area contributed by atoms with Gasteiger partial charge in [-0.25, -0.2) is 4.98 Å². The molecule has 1 unspecified atom stereocenters. The average Bonchev–Trinajstić information content (AvgIpc) is 3.33. The number of amides is 3. The first kappa shape index (κ1) is 21.1. The van der Waals surface area contributed by atoms with Crippen LogP contribution in [0.25, 0.3) is 22.5 Å². The van der Waals surface area contributed by atoms with Crippen molar-refractivity contribution in [2.24, 2.45) is 7.05 Å². The third-order valence-electron chi connectivity index (χ3n) is 6.56. The quantitative estimate of drug-likeness (QED) is 0.626. The first-order valence-corrected chi connectivity index (χ1v) is 11.2. The highest BCUT2D eigenvalue weighted by atomic mass is 16.2. The van der Waals surface area contributed by atoms with Crippen LogP contribution in [0.5, 0.6) is 0 Å². The fourth-order valence-electron chi connectivity index (χ4n) is 4.75. The van der Waals surface area contributed by atoms with Crippen LogP contribution in [-0.4, -0.2) is 38.2 Å². The van der Waals surface area contributed by atoms with Crippen molar-refractivity contribution in [1.29, 1.82) is 0 Å². The third kappa shape index (κ3) is 3.63. The van der Waals surface area contributed by atoms with Gasteiger partial charge in [-0.3, -0.25) is 19.7 Å². The number of aryl methyl sites for hydroxylation is 1. The SMILES string of the molecule is CC(C)c1cccc(-c2c(-c3ccc4c(c3)CN(C3CCC(=O)NC3=O)C4=O)ncn2C)c1. The first-order valence-electron chi connectivity index (χ1n) is 11.2. The maximum Gasteiger partial charge on any atom is 0.255 e. The molecule has 1 atom stereocenters. The van der Waals surface area contributed by atoms with E-state index in [9.17, 15) is 14.4 Å². The van der Waals surface area contributed by atoms with E-state index in [1.807, 2.05) is 29.8 Å². The average molecular weight is 443 g/mol. The van der Waals surface area contributed by atoms with Crippen LogP contribution < -0.4 is 5.32 Å². The lowest BCUT2D eigenvalue weighted by atomic mass is 9.97. The Morgan fingerprint density at radius 2 is 1.88 bits per heavy atom. The number of rotatable bonds is 4. The van der Waals surface area contributed by atoms with Gasteiger partial charge in [0.1, 0.15) is 6.04 Å². The number of nitrogens with zero attached hydrogens (tertiary/aromatic N) is 3. The summed E-state index contributed by atoms with van der Waals surface area (Å²) in [5.41, 5.74) is 6.63. The highest BCUT2D eigenvalue weighted by Crippen LogP contribution is 2.35. The summed E-state index contributed by atoms with van der Waals surface area (Å²) < 4.78 is 2.02.